The summed E-state index contributed by atoms with van der Waals surface area (Å²) < 4.78 is 1.65. The molecule has 0 N–H and O–H groups in total. The van der Waals surface area contributed by atoms with Crippen LogP contribution in [-0.4, -0.2) is 33.4 Å². The highest BCUT2D eigenvalue weighted by Gasteiger charge is 2.19. The second-order valence-corrected chi connectivity index (χ2v) is 10.7. The number of carbonyl (C=O) groups excluding carboxylic acids is 1. The maximum atomic E-state index is 13.3. The third kappa shape index (κ3) is 4.30. The Balaban J connectivity index is 1.36. The largest absolute Gasteiger partial charge is 0.339 e. The summed E-state index contributed by atoms with van der Waals surface area (Å²) in [5, 5.41) is 3.42. The van der Waals surface area contributed by atoms with Crippen LogP contribution in [0.3, 0.4) is 0 Å². The van der Waals surface area contributed by atoms with Gasteiger partial charge in [0.05, 0.1) is 5.39 Å². The lowest BCUT2D eigenvalue weighted by molar-refractivity contribution is 0.0793. The minimum atomic E-state index is -0.0199. The van der Waals surface area contributed by atoms with E-state index in [1.54, 1.807) is 23.4 Å². The van der Waals surface area contributed by atoms with Crippen LogP contribution in [0.25, 0.3) is 21.3 Å². The molecule has 1 amide bonds. The van der Waals surface area contributed by atoms with Gasteiger partial charge in [-0.15, -0.1) is 11.3 Å². The van der Waals surface area contributed by atoms with E-state index in [-0.39, 0.29) is 11.5 Å². The van der Waals surface area contributed by atoms with E-state index < -0.39 is 0 Å². The van der Waals surface area contributed by atoms with E-state index in [4.69, 9.17) is 4.98 Å². The lowest BCUT2D eigenvalue weighted by Gasteiger charge is -2.15. The summed E-state index contributed by atoms with van der Waals surface area (Å²) in [5.74, 6) is 0.794. The molecule has 3 heterocycles. The molecular formula is C27H27N3O2S2. The number of amides is 1. The van der Waals surface area contributed by atoms with Gasteiger partial charge < -0.3 is 4.90 Å². The van der Waals surface area contributed by atoms with Crippen LogP contribution in [0.15, 0.2) is 57.8 Å². The number of aryl methyl sites for hydroxylation is 2. The number of hydrogen-bond acceptors (Lipinski definition) is 5. The fraction of sp³-hybridized carbons (Fsp3) is 0.296. The number of carbonyl (C=O) groups is 1. The molecule has 1 saturated heterocycles. The molecule has 0 atom stereocenters. The van der Waals surface area contributed by atoms with Gasteiger partial charge in [0.15, 0.2) is 5.16 Å². The fourth-order valence-electron chi connectivity index (χ4n) is 4.30. The molecule has 0 saturated carbocycles. The van der Waals surface area contributed by atoms with Crippen LogP contribution in [0.5, 0.6) is 0 Å². The first-order valence-electron chi connectivity index (χ1n) is 11.5. The Morgan fingerprint density at radius 1 is 1.06 bits per heavy atom. The van der Waals surface area contributed by atoms with E-state index in [2.05, 4.69) is 32.0 Å². The highest BCUT2D eigenvalue weighted by Crippen LogP contribution is 2.33. The van der Waals surface area contributed by atoms with Gasteiger partial charge in [-0.2, -0.15) is 0 Å². The number of benzene rings is 2. The summed E-state index contributed by atoms with van der Waals surface area (Å²) in [7, 11) is 1.79. The lowest BCUT2D eigenvalue weighted by Crippen LogP contribution is -2.27. The van der Waals surface area contributed by atoms with Crippen LogP contribution in [0.4, 0.5) is 0 Å². The molecule has 0 aliphatic carbocycles. The van der Waals surface area contributed by atoms with Crippen molar-refractivity contribution in [2.24, 2.45) is 7.05 Å². The summed E-state index contributed by atoms with van der Waals surface area (Å²) in [5.41, 5.74) is 6.26. The van der Waals surface area contributed by atoms with Crippen molar-refractivity contribution in [3.8, 4) is 11.1 Å². The molecule has 1 aliphatic heterocycles. The molecule has 4 aromatic rings. The summed E-state index contributed by atoms with van der Waals surface area (Å²) in [6.45, 7) is 5.89. The Bertz CT molecular complexity index is 1430. The van der Waals surface area contributed by atoms with Crippen LogP contribution < -0.4 is 5.56 Å². The zero-order chi connectivity index (χ0) is 23.8. The number of fused-ring (bicyclic) bond motifs is 1. The maximum absolute atomic E-state index is 13.3. The third-order valence-electron chi connectivity index (χ3n) is 6.55. The van der Waals surface area contributed by atoms with Crippen LogP contribution in [-0.2, 0) is 12.8 Å². The Kier molecular flexibility index (Phi) is 6.32. The van der Waals surface area contributed by atoms with Gasteiger partial charge in [-0.05, 0) is 61.1 Å². The number of aromatic nitrogens is 2. The standard InChI is InChI=1S/C27H27N3O2S2/c1-17-6-9-21(14-18(17)2)22-16-33-24-23(22)26(32)29(3)27(28-24)34-15-19-7-10-20(11-8-19)25(31)30-12-4-5-13-30/h6-11,14,16H,4-5,12-13,15H2,1-3H3. The third-order valence-corrected chi connectivity index (χ3v) is 8.53. The van der Waals surface area contributed by atoms with E-state index in [9.17, 15) is 9.59 Å². The smallest absolute Gasteiger partial charge is 0.263 e. The fourth-order valence-corrected chi connectivity index (χ4v) is 6.21. The van der Waals surface area contributed by atoms with Gasteiger partial charge in [0, 0.05) is 42.4 Å². The Labute approximate surface area is 207 Å². The predicted molar refractivity (Wildman–Crippen MR) is 141 cm³/mol. The Morgan fingerprint density at radius 2 is 1.79 bits per heavy atom. The van der Waals surface area contributed by atoms with Gasteiger partial charge in [-0.3, -0.25) is 14.2 Å². The predicted octanol–water partition coefficient (Wildman–Crippen LogP) is 5.81. The van der Waals surface area contributed by atoms with Crippen molar-refractivity contribution in [1.82, 2.24) is 14.5 Å². The molecule has 0 spiro atoms. The van der Waals surface area contributed by atoms with Crippen LogP contribution in [0.1, 0.15) is 39.9 Å². The maximum Gasteiger partial charge on any atom is 0.263 e. The molecule has 2 aromatic heterocycles. The second kappa shape index (κ2) is 9.39. The molecule has 1 fully saturated rings. The molecule has 34 heavy (non-hydrogen) atoms. The molecule has 7 heteroatoms. The number of nitrogens with zero attached hydrogens (tertiary/aromatic N) is 3. The van der Waals surface area contributed by atoms with Crippen LogP contribution in [0, 0.1) is 13.8 Å². The highest BCUT2D eigenvalue weighted by atomic mass is 32.2. The number of rotatable bonds is 5. The normalized spacial score (nSPS) is 13.7. The van der Waals surface area contributed by atoms with Gasteiger partial charge in [0.2, 0.25) is 0 Å². The number of hydrogen-bond donors (Lipinski definition) is 0. The van der Waals surface area contributed by atoms with Gasteiger partial charge in [0.25, 0.3) is 11.5 Å². The monoisotopic (exact) mass is 489 g/mol. The first kappa shape index (κ1) is 22.9. The van der Waals surface area contributed by atoms with E-state index in [1.807, 2.05) is 34.5 Å². The molecule has 1 aliphatic rings. The Hall–Kier alpha value is -2.90. The summed E-state index contributed by atoms with van der Waals surface area (Å²) in [6, 6.07) is 14.1. The van der Waals surface area contributed by atoms with Gasteiger partial charge in [-0.1, -0.05) is 42.1 Å². The molecule has 2 aromatic carbocycles. The first-order chi connectivity index (χ1) is 16.4. The van der Waals surface area contributed by atoms with Crippen molar-refractivity contribution in [1.29, 1.82) is 0 Å². The zero-order valence-electron chi connectivity index (χ0n) is 19.6. The van der Waals surface area contributed by atoms with Crippen molar-refractivity contribution in [3.05, 3.63) is 80.5 Å². The lowest BCUT2D eigenvalue weighted by atomic mass is 10.0. The summed E-state index contributed by atoms with van der Waals surface area (Å²) >= 11 is 3.06. The molecule has 174 valence electrons. The average Bonchev–Trinajstić information content (AvgIpc) is 3.53. The van der Waals surface area contributed by atoms with Crippen molar-refractivity contribution < 1.29 is 4.79 Å². The highest BCUT2D eigenvalue weighted by molar-refractivity contribution is 7.98. The topological polar surface area (TPSA) is 55.2 Å². The Morgan fingerprint density at radius 3 is 2.50 bits per heavy atom. The average molecular weight is 490 g/mol. The van der Waals surface area contributed by atoms with Crippen molar-refractivity contribution >= 4 is 39.2 Å². The van der Waals surface area contributed by atoms with Gasteiger partial charge >= 0.3 is 0 Å². The number of thioether (sulfide) groups is 1. The van der Waals surface area contributed by atoms with Crippen molar-refractivity contribution in [3.63, 3.8) is 0 Å². The van der Waals surface area contributed by atoms with Crippen LogP contribution >= 0.6 is 23.1 Å². The van der Waals surface area contributed by atoms with E-state index in [0.717, 1.165) is 53.0 Å². The van der Waals surface area contributed by atoms with Gasteiger partial charge in [0.1, 0.15) is 4.83 Å². The van der Waals surface area contributed by atoms with Crippen molar-refractivity contribution in [2.45, 2.75) is 37.6 Å². The quantitative estimate of drug-likeness (QED) is 0.262. The minimum absolute atomic E-state index is 0.0199. The van der Waals surface area contributed by atoms with E-state index in [1.165, 1.54) is 22.5 Å². The van der Waals surface area contributed by atoms with E-state index >= 15 is 0 Å². The zero-order valence-corrected chi connectivity index (χ0v) is 21.3. The second-order valence-electron chi connectivity index (χ2n) is 8.87. The first-order valence-corrected chi connectivity index (χ1v) is 13.4. The van der Waals surface area contributed by atoms with Crippen LogP contribution in [0.2, 0.25) is 0 Å². The van der Waals surface area contributed by atoms with Crippen molar-refractivity contribution in [2.75, 3.05) is 13.1 Å². The SMILES string of the molecule is Cc1ccc(-c2csc3nc(SCc4ccc(C(=O)N5CCCC5)cc4)n(C)c(=O)c23)cc1C. The van der Waals surface area contributed by atoms with E-state index in [0.29, 0.717) is 16.3 Å². The molecule has 0 unspecified atom stereocenters. The summed E-state index contributed by atoms with van der Waals surface area (Å²) in [6.07, 6.45) is 2.18. The molecule has 0 bridgehead atoms. The molecule has 0 radical (unpaired) electrons. The number of thiophene rings is 1. The minimum Gasteiger partial charge on any atom is -0.339 e. The molecular weight excluding hydrogens is 462 g/mol. The molecule has 5 nitrogen and oxygen atoms in total. The van der Waals surface area contributed by atoms with Gasteiger partial charge in [-0.25, -0.2) is 4.98 Å². The number of likely N-dealkylation sites (tertiary alicyclic amines) is 1. The molecule has 5 rings (SSSR count). The summed E-state index contributed by atoms with van der Waals surface area (Å²) in [4.78, 5) is 33.4.